The molecule has 41 heavy (non-hydrogen) atoms. The fourth-order valence-electron chi connectivity index (χ4n) is 4.40. The number of carbonyl (C=O) groups excluding carboxylic acids is 2. The molecule has 0 aliphatic rings. The number of anilines is 1. The van der Waals surface area contributed by atoms with Crippen molar-refractivity contribution in [2.45, 2.75) is 51.7 Å². The minimum Gasteiger partial charge on any atom is -0.352 e. The number of rotatable bonds is 13. The first-order valence-electron chi connectivity index (χ1n) is 13.2. The van der Waals surface area contributed by atoms with Gasteiger partial charge in [0.15, 0.2) is 0 Å². The van der Waals surface area contributed by atoms with Crippen molar-refractivity contribution in [3.05, 3.63) is 99.8 Å². The summed E-state index contributed by atoms with van der Waals surface area (Å²) < 4.78 is 39.6. The zero-order chi connectivity index (χ0) is 30.2. The summed E-state index contributed by atoms with van der Waals surface area (Å²) in [4.78, 5) is 28.8. The Labute approximate surface area is 251 Å². The number of nitrogens with one attached hydrogen (secondary N) is 1. The first-order chi connectivity index (χ1) is 19.4. The SMILES string of the molecule is CC(C)NC(=O)[C@H](Cc1ccccc1)N(Cc1c(Cl)cccc1Cl)C(=O)CCCN(c1ccc(F)cc1)S(C)(=O)=O. The van der Waals surface area contributed by atoms with Crippen molar-refractivity contribution in [1.29, 1.82) is 0 Å². The maximum absolute atomic E-state index is 13.8. The van der Waals surface area contributed by atoms with E-state index < -0.39 is 21.9 Å². The van der Waals surface area contributed by atoms with Crippen LogP contribution in [0.5, 0.6) is 0 Å². The molecule has 1 N–H and O–H groups in total. The van der Waals surface area contributed by atoms with E-state index in [1.165, 1.54) is 29.2 Å². The quantitative estimate of drug-likeness (QED) is 0.260. The zero-order valence-corrected chi connectivity index (χ0v) is 25.5. The van der Waals surface area contributed by atoms with Crippen LogP contribution < -0.4 is 9.62 Å². The molecule has 11 heteroatoms. The molecule has 1 atom stereocenters. The number of sulfonamides is 1. The van der Waals surface area contributed by atoms with Crippen molar-refractivity contribution in [3.8, 4) is 0 Å². The minimum absolute atomic E-state index is 0.0154. The predicted octanol–water partition coefficient (Wildman–Crippen LogP) is 5.84. The van der Waals surface area contributed by atoms with Crippen molar-refractivity contribution in [2.24, 2.45) is 0 Å². The Bertz CT molecular complexity index is 1420. The molecule has 3 aromatic carbocycles. The summed E-state index contributed by atoms with van der Waals surface area (Å²) in [6.45, 7) is 3.64. The normalized spacial score (nSPS) is 12.2. The molecular weight excluding hydrogens is 588 g/mol. The average molecular weight is 623 g/mol. The Kier molecular flexibility index (Phi) is 11.6. The number of halogens is 3. The van der Waals surface area contributed by atoms with E-state index in [1.807, 2.05) is 44.2 Å². The van der Waals surface area contributed by atoms with E-state index in [1.54, 1.807) is 18.2 Å². The molecule has 7 nitrogen and oxygen atoms in total. The molecule has 2 amide bonds. The van der Waals surface area contributed by atoms with E-state index in [0.717, 1.165) is 16.1 Å². The molecule has 3 rings (SSSR count). The van der Waals surface area contributed by atoms with E-state index in [-0.39, 0.29) is 50.2 Å². The van der Waals surface area contributed by atoms with E-state index in [4.69, 9.17) is 23.2 Å². The first-order valence-corrected chi connectivity index (χ1v) is 15.8. The maximum Gasteiger partial charge on any atom is 0.243 e. The fraction of sp³-hybridized carbons (Fsp3) is 0.333. The highest BCUT2D eigenvalue weighted by molar-refractivity contribution is 7.92. The van der Waals surface area contributed by atoms with Crippen LogP contribution in [0.2, 0.25) is 10.0 Å². The molecule has 0 bridgehead atoms. The molecule has 3 aromatic rings. The first kappa shape index (κ1) is 32.4. The van der Waals surface area contributed by atoms with Gasteiger partial charge in [0, 0.05) is 47.6 Å². The van der Waals surface area contributed by atoms with Gasteiger partial charge in [0.05, 0.1) is 11.9 Å². The van der Waals surface area contributed by atoms with E-state index >= 15 is 0 Å². The summed E-state index contributed by atoms with van der Waals surface area (Å²) in [5.74, 6) is -1.19. The third-order valence-corrected chi connectivity index (χ3v) is 8.26. The molecule has 0 saturated carbocycles. The van der Waals surface area contributed by atoms with Gasteiger partial charge < -0.3 is 10.2 Å². The third kappa shape index (κ3) is 9.45. The summed E-state index contributed by atoms with van der Waals surface area (Å²) in [6.07, 6.45) is 1.39. The largest absolute Gasteiger partial charge is 0.352 e. The molecule has 0 aliphatic carbocycles. The van der Waals surface area contributed by atoms with Crippen molar-refractivity contribution in [2.75, 3.05) is 17.1 Å². The molecule has 0 fully saturated rings. The molecule has 0 unspecified atom stereocenters. The van der Waals surface area contributed by atoms with E-state index in [9.17, 15) is 22.4 Å². The van der Waals surface area contributed by atoms with Gasteiger partial charge in [-0.25, -0.2) is 12.8 Å². The summed E-state index contributed by atoms with van der Waals surface area (Å²) in [7, 11) is -3.71. The van der Waals surface area contributed by atoms with Crippen LogP contribution >= 0.6 is 23.2 Å². The smallest absolute Gasteiger partial charge is 0.243 e. The van der Waals surface area contributed by atoms with Crippen molar-refractivity contribution in [3.63, 3.8) is 0 Å². The van der Waals surface area contributed by atoms with Gasteiger partial charge in [0.2, 0.25) is 21.8 Å². The molecule has 0 aliphatic heterocycles. The van der Waals surface area contributed by atoms with Crippen LogP contribution in [0.3, 0.4) is 0 Å². The van der Waals surface area contributed by atoms with Gasteiger partial charge in [-0.2, -0.15) is 0 Å². The van der Waals surface area contributed by atoms with Gasteiger partial charge >= 0.3 is 0 Å². The molecule has 0 saturated heterocycles. The van der Waals surface area contributed by atoms with E-state index in [0.29, 0.717) is 21.3 Å². The van der Waals surface area contributed by atoms with Gasteiger partial charge in [0.25, 0.3) is 0 Å². The lowest BCUT2D eigenvalue weighted by molar-refractivity contribution is -0.141. The zero-order valence-electron chi connectivity index (χ0n) is 23.2. The monoisotopic (exact) mass is 621 g/mol. The van der Waals surface area contributed by atoms with Crippen molar-refractivity contribution >= 4 is 50.7 Å². The fourth-order valence-corrected chi connectivity index (χ4v) is 5.88. The lowest BCUT2D eigenvalue weighted by Gasteiger charge is -2.33. The van der Waals surface area contributed by atoms with Crippen molar-refractivity contribution < 1.29 is 22.4 Å². The van der Waals surface area contributed by atoms with Crippen LogP contribution in [0.1, 0.15) is 37.8 Å². The van der Waals surface area contributed by atoms with Gasteiger partial charge in [-0.3, -0.25) is 13.9 Å². The Hall–Kier alpha value is -3.14. The van der Waals surface area contributed by atoms with Gasteiger partial charge in [-0.05, 0) is 62.2 Å². The molecule has 0 radical (unpaired) electrons. The number of amides is 2. The Balaban J connectivity index is 1.92. The lowest BCUT2D eigenvalue weighted by Crippen LogP contribution is -2.52. The maximum atomic E-state index is 13.8. The second kappa shape index (κ2) is 14.7. The number of carbonyl (C=O) groups is 2. The van der Waals surface area contributed by atoms with Gasteiger partial charge in [-0.15, -0.1) is 0 Å². The highest BCUT2D eigenvalue weighted by Gasteiger charge is 2.31. The van der Waals surface area contributed by atoms with Gasteiger partial charge in [-0.1, -0.05) is 59.6 Å². The molecule has 220 valence electrons. The number of nitrogens with zero attached hydrogens (tertiary/aromatic N) is 2. The van der Waals surface area contributed by atoms with Crippen LogP contribution in [0.25, 0.3) is 0 Å². The standard InChI is InChI=1S/C30H34Cl2FN3O4S/c1-21(2)34-30(38)28(19-22-9-5-4-6-10-22)35(20-25-26(31)11-7-12-27(25)32)29(37)13-8-18-36(41(3,39)40)24-16-14-23(33)15-17-24/h4-7,9-12,14-17,21,28H,8,13,18-20H2,1-3H3,(H,34,38)/t28-/m0/s1. The van der Waals surface area contributed by atoms with Crippen molar-refractivity contribution in [1.82, 2.24) is 10.2 Å². The summed E-state index contributed by atoms with van der Waals surface area (Å²) >= 11 is 12.9. The number of benzene rings is 3. The Morgan fingerprint density at radius 3 is 2.10 bits per heavy atom. The summed E-state index contributed by atoms with van der Waals surface area (Å²) in [5, 5.41) is 3.63. The van der Waals surface area contributed by atoms with Gasteiger partial charge in [0.1, 0.15) is 11.9 Å². The van der Waals surface area contributed by atoms with Crippen LogP contribution in [0.4, 0.5) is 10.1 Å². The topological polar surface area (TPSA) is 86.8 Å². The summed E-state index contributed by atoms with van der Waals surface area (Å²) in [5.41, 5.74) is 1.65. The second-order valence-corrected chi connectivity index (χ2v) is 12.7. The molecular formula is C30H34Cl2FN3O4S. The van der Waals surface area contributed by atoms with Crippen LogP contribution in [-0.2, 0) is 32.6 Å². The second-order valence-electron chi connectivity index (χ2n) is 10.0. The van der Waals surface area contributed by atoms with E-state index in [2.05, 4.69) is 5.32 Å². The van der Waals surface area contributed by atoms with Crippen LogP contribution in [0.15, 0.2) is 72.8 Å². The Morgan fingerprint density at radius 2 is 1.54 bits per heavy atom. The minimum atomic E-state index is -3.71. The lowest BCUT2D eigenvalue weighted by atomic mass is 10.0. The molecule has 0 spiro atoms. The third-order valence-electron chi connectivity index (χ3n) is 6.36. The highest BCUT2D eigenvalue weighted by atomic mass is 35.5. The number of hydrogen-bond donors (Lipinski definition) is 1. The van der Waals surface area contributed by atoms with Crippen LogP contribution in [0, 0.1) is 5.82 Å². The van der Waals surface area contributed by atoms with Crippen LogP contribution in [-0.4, -0.2) is 50.0 Å². The summed E-state index contributed by atoms with van der Waals surface area (Å²) in [6, 6.07) is 18.4. The Morgan fingerprint density at radius 1 is 0.927 bits per heavy atom. The molecule has 0 aromatic heterocycles. The predicted molar refractivity (Wildman–Crippen MR) is 162 cm³/mol. The highest BCUT2D eigenvalue weighted by Crippen LogP contribution is 2.28. The average Bonchev–Trinajstić information content (AvgIpc) is 2.90. The molecule has 0 heterocycles. The number of hydrogen-bond acceptors (Lipinski definition) is 4.